The molecule has 0 aliphatic carbocycles. The highest BCUT2D eigenvalue weighted by atomic mass is 35.5. The fraction of sp³-hybridized carbons (Fsp3) is 0.500. The van der Waals surface area contributed by atoms with Crippen LogP contribution in [0.15, 0.2) is 24.3 Å². The van der Waals surface area contributed by atoms with Crippen LogP contribution in [-0.4, -0.2) is 36.8 Å². The number of nitrogens with two attached hydrogens (primary N) is 1. The van der Waals surface area contributed by atoms with Crippen molar-refractivity contribution in [3.8, 4) is 0 Å². The monoisotopic (exact) mass is 242 g/mol. The molecule has 3 N–H and O–H groups in total. The van der Waals surface area contributed by atoms with Gasteiger partial charge in [-0.1, -0.05) is 23.7 Å². The van der Waals surface area contributed by atoms with Crippen LogP contribution in [-0.2, 0) is 0 Å². The Kier molecular flexibility index (Phi) is 5.77. The molecule has 0 aliphatic heterocycles. The fourth-order valence-corrected chi connectivity index (χ4v) is 1.64. The average molecular weight is 243 g/mol. The molecular weight excluding hydrogens is 224 g/mol. The molecule has 1 rings (SSSR count). The van der Waals surface area contributed by atoms with E-state index in [0.29, 0.717) is 6.54 Å². The fourth-order valence-electron chi connectivity index (χ4n) is 1.52. The molecule has 1 aromatic carbocycles. The van der Waals surface area contributed by atoms with Crippen molar-refractivity contribution in [1.82, 2.24) is 4.90 Å². The molecule has 0 saturated carbocycles. The number of halogens is 1. The molecule has 16 heavy (non-hydrogen) atoms. The number of aliphatic hydroxyl groups is 1. The Morgan fingerprint density at radius 1 is 1.31 bits per heavy atom. The summed E-state index contributed by atoms with van der Waals surface area (Å²) in [5, 5.41) is 9.49. The third-order valence-electron chi connectivity index (χ3n) is 2.60. The van der Waals surface area contributed by atoms with Crippen LogP contribution in [0.3, 0.4) is 0 Å². The summed E-state index contributed by atoms with van der Waals surface area (Å²) in [5.74, 6) is 0. The predicted molar refractivity (Wildman–Crippen MR) is 67.6 cm³/mol. The van der Waals surface area contributed by atoms with Gasteiger partial charge < -0.3 is 15.7 Å². The molecule has 0 heterocycles. The van der Waals surface area contributed by atoms with Gasteiger partial charge in [-0.15, -0.1) is 0 Å². The lowest BCUT2D eigenvalue weighted by Crippen LogP contribution is -2.26. The Labute approximate surface area is 102 Å². The maximum atomic E-state index is 8.76. The van der Waals surface area contributed by atoms with Crippen molar-refractivity contribution in [3.63, 3.8) is 0 Å². The highest BCUT2D eigenvalue weighted by molar-refractivity contribution is 6.30. The minimum absolute atomic E-state index is 0.0263. The zero-order valence-corrected chi connectivity index (χ0v) is 10.3. The molecule has 90 valence electrons. The van der Waals surface area contributed by atoms with Gasteiger partial charge in [-0.05, 0) is 37.7 Å². The second-order valence-corrected chi connectivity index (χ2v) is 4.41. The molecule has 0 amide bonds. The summed E-state index contributed by atoms with van der Waals surface area (Å²) in [4.78, 5) is 2.07. The lowest BCUT2D eigenvalue weighted by atomic mass is 10.0. The largest absolute Gasteiger partial charge is 0.395 e. The van der Waals surface area contributed by atoms with Gasteiger partial charge in [0.2, 0.25) is 0 Å². The van der Waals surface area contributed by atoms with Crippen LogP contribution in [0.2, 0.25) is 5.02 Å². The summed E-state index contributed by atoms with van der Waals surface area (Å²) in [5.41, 5.74) is 7.16. The van der Waals surface area contributed by atoms with Gasteiger partial charge in [0.1, 0.15) is 0 Å². The number of benzene rings is 1. The maximum absolute atomic E-state index is 8.76. The first-order chi connectivity index (χ1) is 7.63. The molecule has 0 aliphatic rings. The van der Waals surface area contributed by atoms with E-state index in [2.05, 4.69) is 4.90 Å². The molecule has 3 nitrogen and oxygen atoms in total. The summed E-state index contributed by atoms with van der Waals surface area (Å²) in [7, 11) is 1.98. The molecular formula is C12H19ClN2O. The van der Waals surface area contributed by atoms with Crippen molar-refractivity contribution < 1.29 is 5.11 Å². The molecule has 1 unspecified atom stereocenters. The molecule has 0 bridgehead atoms. The van der Waals surface area contributed by atoms with Crippen LogP contribution >= 0.6 is 11.6 Å². The number of aliphatic hydroxyl groups excluding tert-OH is 1. The molecule has 0 saturated heterocycles. The molecule has 0 aromatic heterocycles. The quantitative estimate of drug-likeness (QED) is 0.798. The molecule has 1 atom stereocenters. The van der Waals surface area contributed by atoms with Gasteiger partial charge in [-0.25, -0.2) is 0 Å². The van der Waals surface area contributed by atoms with E-state index in [9.17, 15) is 0 Å². The highest BCUT2D eigenvalue weighted by Gasteiger charge is 2.07. The Morgan fingerprint density at radius 2 is 1.94 bits per heavy atom. The minimum Gasteiger partial charge on any atom is -0.395 e. The van der Waals surface area contributed by atoms with Gasteiger partial charge in [0, 0.05) is 17.6 Å². The van der Waals surface area contributed by atoms with Crippen LogP contribution in [0.25, 0.3) is 0 Å². The van der Waals surface area contributed by atoms with Crippen molar-refractivity contribution in [2.24, 2.45) is 5.73 Å². The number of likely N-dealkylation sites (N-methyl/N-ethyl adjacent to an activating group) is 1. The van der Waals surface area contributed by atoms with E-state index in [1.54, 1.807) is 0 Å². The van der Waals surface area contributed by atoms with Crippen molar-refractivity contribution in [2.45, 2.75) is 12.5 Å². The topological polar surface area (TPSA) is 49.5 Å². The lowest BCUT2D eigenvalue weighted by Gasteiger charge is -2.18. The number of hydrogen-bond donors (Lipinski definition) is 2. The van der Waals surface area contributed by atoms with E-state index in [1.807, 2.05) is 31.3 Å². The van der Waals surface area contributed by atoms with E-state index in [0.717, 1.165) is 23.6 Å². The third-order valence-corrected chi connectivity index (χ3v) is 2.85. The molecule has 0 spiro atoms. The smallest absolute Gasteiger partial charge is 0.0558 e. The molecule has 0 fully saturated rings. The third kappa shape index (κ3) is 4.49. The highest BCUT2D eigenvalue weighted by Crippen LogP contribution is 2.17. The van der Waals surface area contributed by atoms with Gasteiger partial charge in [-0.3, -0.25) is 0 Å². The van der Waals surface area contributed by atoms with Crippen LogP contribution in [0.1, 0.15) is 18.0 Å². The van der Waals surface area contributed by atoms with E-state index < -0.39 is 0 Å². The first kappa shape index (κ1) is 13.5. The average Bonchev–Trinajstić information content (AvgIpc) is 2.27. The van der Waals surface area contributed by atoms with Gasteiger partial charge in [0.05, 0.1) is 6.61 Å². The van der Waals surface area contributed by atoms with Gasteiger partial charge >= 0.3 is 0 Å². The second-order valence-electron chi connectivity index (χ2n) is 3.97. The number of hydrogen-bond acceptors (Lipinski definition) is 3. The summed E-state index contributed by atoms with van der Waals surface area (Å²) >= 11 is 5.81. The molecule has 1 aromatic rings. The standard InChI is InChI=1S/C12H19ClN2O/c1-15(8-9-16)7-6-12(14)10-2-4-11(13)5-3-10/h2-5,12,16H,6-9,14H2,1H3. The van der Waals surface area contributed by atoms with Crippen molar-refractivity contribution in [2.75, 3.05) is 26.7 Å². The Bertz CT molecular complexity index is 302. The van der Waals surface area contributed by atoms with Crippen molar-refractivity contribution in [3.05, 3.63) is 34.9 Å². The van der Waals surface area contributed by atoms with Gasteiger partial charge in [0.25, 0.3) is 0 Å². The second kappa shape index (κ2) is 6.86. The number of rotatable bonds is 6. The SMILES string of the molecule is CN(CCO)CCC(N)c1ccc(Cl)cc1. The summed E-state index contributed by atoms with van der Waals surface area (Å²) in [6, 6.07) is 7.65. The molecule has 4 heteroatoms. The summed E-state index contributed by atoms with van der Waals surface area (Å²) in [6.07, 6.45) is 0.873. The Hall–Kier alpha value is -0.610. The first-order valence-electron chi connectivity index (χ1n) is 5.44. The lowest BCUT2D eigenvalue weighted by molar-refractivity contribution is 0.217. The first-order valence-corrected chi connectivity index (χ1v) is 5.81. The van der Waals surface area contributed by atoms with E-state index >= 15 is 0 Å². The summed E-state index contributed by atoms with van der Waals surface area (Å²) < 4.78 is 0. The van der Waals surface area contributed by atoms with Gasteiger partial charge in [0.15, 0.2) is 0 Å². The van der Waals surface area contributed by atoms with E-state index in [4.69, 9.17) is 22.4 Å². The van der Waals surface area contributed by atoms with E-state index in [1.165, 1.54) is 0 Å². The van der Waals surface area contributed by atoms with Gasteiger partial charge in [-0.2, -0.15) is 0 Å². The zero-order chi connectivity index (χ0) is 12.0. The Morgan fingerprint density at radius 3 is 2.50 bits per heavy atom. The van der Waals surface area contributed by atoms with Crippen molar-refractivity contribution >= 4 is 11.6 Å². The van der Waals surface area contributed by atoms with Crippen LogP contribution in [0.5, 0.6) is 0 Å². The minimum atomic E-state index is 0.0263. The van der Waals surface area contributed by atoms with E-state index in [-0.39, 0.29) is 12.6 Å². The normalized spacial score (nSPS) is 13.1. The van der Waals surface area contributed by atoms with Crippen LogP contribution in [0, 0.1) is 0 Å². The summed E-state index contributed by atoms with van der Waals surface area (Å²) in [6.45, 7) is 1.75. The predicted octanol–water partition coefficient (Wildman–Crippen LogP) is 1.65. The Balaban J connectivity index is 2.40. The molecule has 0 radical (unpaired) electrons. The van der Waals surface area contributed by atoms with Crippen molar-refractivity contribution in [1.29, 1.82) is 0 Å². The van der Waals surface area contributed by atoms with Crippen LogP contribution in [0.4, 0.5) is 0 Å². The van der Waals surface area contributed by atoms with Crippen LogP contribution < -0.4 is 5.73 Å². The zero-order valence-electron chi connectivity index (χ0n) is 9.56. The maximum Gasteiger partial charge on any atom is 0.0558 e. The number of nitrogens with zero attached hydrogens (tertiary/aromatic N) is 1.